The van der Waals surface area contributed by atoms with Crippen LogP contribution in [0.25, 0.3) is 0 Å². The molecule has 160 valence electrons. The predicted octanol–water partition coefficient (Wildman–Crippen LogP) is 5.59. The molecular weight excluding hydrogens is 432 g/mol. The molecule has 3 aromatic rings. The van der Waals surface area contributed by atoms with Crippen LogP contribution in [0.2, 0.25) is 5.02 Å². The number of hydrogen-bond donors (Lipinski definition) is 1. The molecule has 0 spiro atoms. The Hall–Kier alpha value is -3.09. The van der Waals surface area contributed by atoms with Crippen molar-refractivity contribution in [2.75, 3.05) is 16.2 Å². The first kappa shape index (κ1) is 22.6. The van der Waals surface area contributed by atoms with Gasteiger partial charge in [-0.3, -0.25) is 9.10 Å². The zero-order valence-corrected chi connectivity index (χ0v) is 18.9. The fraction of sp³-hybridized carbons (Fsp3) is 0.125. The first-order valence-corrected chi connectivity index (χ1v) is 11.4. The molecule has 0 aliphatic rings. The van der Waals surface area contributed by atoms with Gasteiger partial charge in [0.2, 0.25) is 0 Å². The third-order valence-corrected chi connectivity index (χ3v) is 6.83. The number of carbonyl (C=O) groups is 1. The summed E-state index contributed by atoms with van der Waals surface area (Å²) in [7, 11) is -3.98. The summed E-state index contributed by atoms with van der Waals surface area (Å²) < 4.78 is 27.9. The van der Waals surface area contributed by atoms with Crippen LogP contribution in [0.5, 0.6) is 0 Å². The van der Waals surface area contributed by atoms with Gasteiger partial charge in [0.05, 0.1) is 22.2 Å². The van der Waals surface area contributed by atoms with Gasteiger partial charge in [0.25, 0.3) is 15.9 Å². The van der Waals surface area contributed by atoms with Gasteiger partial charge in [-0.15, -0.1) is 6.58 Å². The maximum Gasteiger partial charge on any atom is 0.264 e. The van der Waals surface area contributed by atoms with Crippen molar-refractivity contribution in [1.82, 2.24) is 0 Å². The molecule has 7 heteroatoms. The van der Waals surface area contributed by atoms with Gasteiger partial charge in [0.15, 0.2) is 0 Å². The summed E-state index contributed by atoms with van der Waals surface area (Å²) in [5, 5.41) is 3.15. The number of nitrogens with one attached hydrogen (secondary N) is 1. The highest BCUT2D eigenvalue weighted by Gasteiger charge is 2.26. The number of benzene rings is 3. The fourth-order valence-electron chi connectivity index (χ4n) is 3.17. The lowest BCUT2D eigenvalue weighted by Gasteiger charge is -2.24. The number of sulfonamides is 1. The first-order valence-electron chi connectivity index (χ1n) is 9.61. The normalized spacial score (nSPS) is 11.1. The van der Waals surface area contributed by atoms with E-state index < -0.39 is 15.9 Å². The first-order chi connectivity index (χ1) is 14.7. The maximum absolute atomic E-state index is 13.4. The number of rotatable bonds is 7. The fourth-order valence-corrected chi connectivity index (χ4v) is 4.96. The average Bonchev–Trinajstić information content (AvgIpc) is 2.74. The zero-order valence-electron chi connectivity index (χ0n) is 17.3. The molecule has 0 aromatic heterocycles. The Labute approximate surface area is 188 Å². The second kappa shape index (κ2) is 9.37. The number of carbonyl (C=O) groups excluding carboxylic acids is 1. The summed E-state index contributed by atoms with van der Waals surface area (Å²) in [6.07, 6.45) is 1.48. The number of hydrogen-bond acceptors (Lipinski definition) is 3. The average molecular weight is 455 g/mol. The lowest BCUT2D eigenvalue weighted by atomic mass is 10.1. The van der Waals surface area contributed by atoms with Gasteiger partial charge in [0, 0.05) is 11.3 Å². The lowest BCUT2D eigenvalue weighted by molar-refractivity contribution is 0.102. The number of anilines is 2. The summed E-state index contributed by atoms with van der Waals surface area (Å²) in [6, 6.07) is 18.3. The number of aryl methyl sites for hydroxylation is 2. The van der Waals surface area contributed by atoms with Crippen molar-refractivity contribution in [3.05, 3.63) is 101 Å². The SMILES string of the molecule is C=CCN(c1ccccc1Cl)S(=O)(=O)c1cccc(C(=O)Nc2ccc(C)cc2C)c1. The molecule has 0 fully saturated rings. The van der Waals surface area contributed by atoms with Crippen LogP contribution < -0.4 is 9.62 Å². The Morgan fingerprint density at radius 1 is 1.06 bits per heavy atom. The molecule has 0 heterocycles. The van der Waals surface area contributed by atoms with Crippen molar-refractivity contribution in [3.63, 3.8) is 0 Å². The standard InChI is InChI=1S/C24H23ClN2O3S/c1-4-14-27(23-11-6-5-10-21(23)25)31(29,30)20-9-7-8-19(16-20)24(28)26-22-13-12-17(2)15-18(22)3/h4-13,15-16H,1,14H2,2-3H3,(H,26,28). The van der Waals surface area contributed by atoms with E-state index in [1.807, 2.05) is 32.0 Å². The van der Waals surface area contributed by atoms with Gasteiger partial charge in [-0.1, -0.05) is 53.6 Å². The van der Waals surface area contributed by atoms with Crippen LogP contribution in [0.3, 0.4) is 0 Å². The smallest absolute Gasteiger partial charge is 0.264 e. The van der Waals surface area contributed by atoms with Crippen molar-refractivity contribution < 1.29 is 13.2 Å². The molecule has 0 atom stereocenters. The van der Waals surface area contributed by atoms with Crippen LogP contribution in [0.4, 0.5) is 11.4 Å². The van der Waals surface area contributed by atoms with E-state index in [0.29, 0.717) is 16.4 Å². The molecule has 3 rings (SSSR count). The number of para-hydroxylation sites is 1. The number of nitrogens with zero attached hydrogens (tertiary/aromatic N) is 1. The third-order valence-electron chi connectivity index (χ3n) is 4.73. The summed E-state index contributed by atoms with van der Waals surface area (Å²) in [6.45, 7) is 7.57. The van der Waals surface area contributed by atoms with E-state index >= 15 is 0 Å². The van der Waals surface area contributed by atoms with Crippen molar-refractivity contribution in [2.24, 2.45) is 0 Å². The van der Waals surface area contributed by atoms with Gasteiger partial charge >= 0.3 is 0 Å². The second-order valence-corrected chi connectivity index (χ2v) is 9.35. The molecule has 1 amide bonds. The molecule has 0 aliphatic heterocycles. The van der Waals surface area contributed by atoms with E-state index in [4.69, 9.17) is 11.6 Å². The minimum atomic E-state index is -3.98. The van der Waals surface area contributed by atoms with Crippen molar-refractivity contribution in [3.8, 4) is 0 Å². The van der Waals surface area contributed by atoms with Crippen molar-refractivity contribution >= 4 is 38.9 Å². The molecule has 0 aliphatic carbocycles. The van der Waals surface area contributed by atoms with Gasteiger partial charge in [0.1, 0.15) is 0 Å². The maximum atomic E-state index is 13.4. The summed E-state index contributed by atoms with van der Waals surface area (Å²) in [4.78, 5) is 12.8. The summed E-state index contributed by atoms with van der Waals surface area (Å²) >= 11 is 6.24. The minimum Gasteiger partial charge on any atom is -0.322 e. The van der Waals surface area contributed by atoms with Gasteiger partial charge in [-0.2, -0.15) is 0 Å². The molecule has 0 bridgehead atoms. The zero-order chi connectivity index (χ0) is 22.6. The summed E-state index contributed by atoms with van der Waals surface area (Å²) in [5.41, 5.74) is 3.26. The van der Waals surface area contributed by atoms with E-state index in [2.05, 4.69) is 11.9 Å². The van der Waals surface area contributed by atoms with Crippen LogP contribution in [-0.2, 0) is 10.0 Å². The van der Waals surface area contributed by atoms with E-state index in [0.717, 1.165) is 11.1 Å². The molecule has 0 unspecified atom stereocenters. The van der Waals surface area contributed by atoms with Crippen LogP contribution in [0.15, 0.2) is 84.3 Å². The molecule has 31 heavy (non-hydrogen) atoms. The molecule has 1 N–H and O–H groups in total. The Kier molecular flexibility index (Phi) is 6.83. The molecule has 3 aromatic carbocycles. The molecule has 0 saturated heterocycles. The molecule has 0 saturated carbocycles. The Balaban J connectivity index is 1.96. The van der Waals surface area contributed by atoms with Crippen LogP contribution in [0.1, 0.15) is 21.5 Å². The predicted molar refractivity (Wildman–Crippen MR) is 126 cm³/mol. The van der Waals surface area contributed by atoms with E-state index in [1.54, 1.807) is 36.4 Å². The monoisotopic (exact) mass is 454 g/mol. The Bertz CT molecular complexity index is 1240. The van der Waals surface area contributed by atoms with E-state index in [1.165, 1.54) is 22.5 Å². The molecule has 5 nitrogen and oxygen atoms in total. The highest BCUT2D eigenvalue weighted by Crippen LogP contribution is 2.30. The second-order valence-electron chi connectivity index (χ2n) is 7.08. The number of amides is 1. The summed E-state index contributed by atoms with van der Waals surface area (Å²) in [5.74, 6) is -0.392. The highest BCUT2D eigenvalue weighted by atomic mass is 35.5. The Morgan fingerprint density at radius 3 is 2.48 bits per heavy atom. The van der Waals surface area contributed by atoms with Crippen LogP contribution in [-0.4, -0.2) is 20.9 Å². The molecule has 0 radical (unpaired) electrons. The largest absolute Gasteiger partial charge is 0.322 e. The van der Waals surface area contributed by atoms with E-state index in [-0.39, 0.29) is 17.0 Å². The van der Waals surface area contributed by atoms with E-state index in [9.17, 15) is 13.2 Å². The minimum absolute atomic E-state index is 0.0115. The Morgan fingerprint density at radius 2 is 1.81 bits per heavy atom. The molecular formula is C24H23ClN2O3S. The third kappa shape index (κ3) is 4.98. The van der Waals surface area contributed by atoms with Gasteiger partial charge in [-0.25, -0.2) is 8.42 Å². The van der Waals surface area contributed by atoms with Gasteiger partial charge in [-0.05, 0) is 55.8 Å². The van der Waals surface area contributed by atoms with Crippen LogP contribution >= 0.6 is 11.6 Å². The van der Waals surface area contributed by atoms with Gasteiger partial charge < -0.3 is 5.32 Å². The topological polar surface area (TPSA) is 66.5 Å². The van der Waals surface area contributed by atoms with Crippen molar-refractivity contribution in [1.29, 1.82) is 0 Å². The quantitative estimate of drug-likeness (QED) is 0.473. The lowest BCUT2D eigenvalue weighted by Crippen LogP contribution is -2.31. The highest BCUT2D eigenvalue weighted by molar-refractivity contribution is 7.92. The van der Waals surface area contributed by atoms with Crippen molar-refractivity contribution in [2.45, 2.75) is 18.7 Å². The number of halogens is 1. The van der Waals surface area contributed by atoms with Crippen LogP contribution in [0, 0.1) is 13.8 Å².